The SMILES string of the molecule is COc1ccc(C)cc1C(=O)N1CCN(Cc2nc(-c3cccs3)no2)CC1. The third-order valence-electron chi connectivity index (χ3n) is 4.81. The molecule has 0 bridgehead atoms. The van der Waals surface area contributed by atoms with Crippen LogP contribution in [0.1, 0.15) is 21.8 Å². The minimum absolute atomic E-state index is 0.0120. The summed E-state index contributed by atoms with van der Waals surface area (Å²) in [6, 6.07) is 9.62. The van der Waals surface area contributed by atoms with Crippen molar-refractivity contribution in [1.82, 2.24) is 19.9 Å². The lowest BCUT2D eigenvalue weighted by atomic mass is 10.1. The summed E-state index contributed by atoms with van der Waals surface area (Å²) in [6.45, 7) is 5.40. The van der Waals surface area contributed by atoms with Crippen molar-refractivity contribution in [3.63, 3.8) is 0 Å². The molecule has 0 spiro atoms. The minimum atomic E-state index is 0.0120. The lowest BCUT2D eigenvalue weighted by Crippen LogP contribution is -2.48. The summed E-state index contributed by atoms with van der Waals surface area (Å²) in [5, 5.41) is 6.04. The van der Waals surface area contributed by atoms with Crippen molar-refractivity contribution in [1.29, 1.82) is 0 Å². The van der Waals surface area contributed by atoms with Gasteiger partial charge in [-0.25, -0.2) is 0 Å². The van der Waals surface area contributed by atoms with Gasteiger partial charge in [0.2, 0.25) is 11.7 Å². The van der Waals surface area contributed by atoms with E-state index >= 15 is 0 Å². The number of benzene rings is 1. The second kappa shape index (κ2) is 8.12. The Bertz CT molecular complexity index is 946. The summed E-state index contributed by atoms with van der Waals surface area (Å²) < 4.78 is 10.7. The number of rotatable bonds is 5. The fourth-order valence-electron chi connectivity index (χ4n) is 3.28. The standard InChI is InChI=1S/C20H22N4O3S/c1-14-5-6-16(26-2)15(12-14)20(25)24-9-7-23(8-10-24)13-18-21-19(22-27-18)17-4-3-11-28-17/h3-6,11-12H,7-10,13H2,1-2H3. The molecular weight excluding hydrogens is 376 g/mol. The van der Waals surface area contributed by atoms with E-state index in [4.69, 9.17) is 9.26 Å². The number of methoxy groups -OCH3 is 1. The third kappa shape index (κ3) is 3.93. The van der Waals surface area contributed by atoms with Gasteiger partial charge in [-0.05, 0) is 30.5 Å². The molecule has 1 aliphatic rings. The molecular formula is C20H22N4O3S. The zero-order valence-corrected chi connectivity index (χ0v) is 16.7. The molecule has 3 heterocycles. The first-order chi connectivity index (χ1) is 13.6. The normalized spacial score (nSPS) is 15.0. The Labute approximate surface area is 167 Å². The Morgan fingerprint density at radius 2 is 2.07 bits per heavy atom. The number of thiophene rings is 1. The van der Waals surface area contributed by atoms with Crippen LogP contribution in [0, 0.1) is 6.92 Å². The van der Waals surface area contributed by atoms with Gasteiger partial charge in [0.15, 0.2) is 0 Å². The van der Waals surface area contributed by atoms with Crippen molar-refractivity contribution in [2.24, 2.45) is 0 Å². The summed E-state index contributed by atoms with van der Waals surface area (Å²) in [6.07, 6.45) is 0. The molecule has 0 atom stereocenters. The Kier molecular flexibility index (Phi) is 5.40. The first-order valence-electron chi connectivity index (χ1n) is 9.17. The highest BCUT2D eigenvalue weighted by atomic mass is 32.1. The molecule has 28 heavy (non-hydrogen) atoms. The molecule has 1 amide bonds. The van der Waals surface area contributed by atoms with Crippen LogP contribution in [0.4, 0.5) is 0 Å². The van der Waals surface area contributed by atoms with Crippen LogP contribution >= 0.6 is 11.3 Å². The van der Waals surface area contributed by atoms with Gasteiger partial charge in [0.1, 0.15) is 5.75 Å². The van der Waals surface area contributed by atoms with E-state index in [2.05, 4.69) is 15.0 Å². The topological polar surface area (TPSA) is 71.7 Å². The minimum Gasteiger partial charge on any atom is -0.496 e. The number of carbonyl (C=O) groups excluding carboxylic acids is 1. The van der Waals surface area contributed by atoms with E-state index in [1.165, 1.54) is 0 Å². The molecule has 0 radical (unpaired) electrons. The summed E-state index contributed by atoms with van der Waals surface area (Å²) in [5.74, 6) is 1.86. The van der Waals surface area contributed by atoms with E-state index in [1.54, 1.807) is 18.4 Å². The van der Waals surface area contributed by atoms with E-state index in [1.807, 2.05) is 47.5 Å². The molecule has 1 aliphatic heterocycles. The number of aromatic nitrogens is 2. The summed E-state index contributed by atoms with van der Waals surface area (Å²) in [7, 11) is 1.59. The second-order valence-electron chi connectivity index (χ2n) is 6.76. The highest BCUT2D eigenvalue weighted by Gasteiger charge is 2.25. The van der Waals surface area contributed by atoms with Gasteiger partial charge >= 0.3 is 0 Å². The van der Waals surface area contributed by atoms with Gasteiger partial charge in [-0.3, -0.25) is 9.69 Å². The van der Waals surface area contributed by atoms with Gasteiger partial charge in [-0.1, -0.05) is 22.9 Å². The molecule has 0 saturated carbocycles. The van der Waals surface area contributed by atoms with Crippen molar-refractivity contribution < 1.29 is 14.1 Å². The predicted octanol–water partition coefficient (Wildman–Crippen LogP) is 3.07. The molecule has 0 unspecified atom stereocenters. The van der Waals surface area contributed by atoms with Crippen molar-refractivity contribution in [2.75, 3.05) is 33.3 Å². The number of piperazine rings is 1. The van der Waals surface area contributed by atoms with E-state index in [9.17, 15) is 4.79 Å². The second-order valence-corrected chi connectivity index (χ2v) is 7.71. The molecule has 1 saturated heterocycles. The van der Waals surface area contributed by atoms with Crippen LogP contribution < -0.4 is 4.74 Å². The molecule has 8 heteroatoms. The van der Waals surface area contributed by atoms with Crippen molar-refractivity contribution in [3.8, 4) is 16.5 Å². The van der Waals surface area contributed by atoms with Crippen LogP contribution in [-0.4, -0.2) is 59.1 Å². The summed E-state index contributed by atoms with van der Waals surface area (Å²) in [4.78, 5) is 22.5. The molecule has 1 aromatic carbocycles. The lowest BCUT2D eigenvalue weighted by Gasteiger charge is -2.34. The van der Waals surface area contributed by atoms with E-state index in [0.29, 0.717) is 42.7 Å². The highest BCUT2D eigenvalue weighted by Crippen LogP contribution is 2.23. The molecule has 1 fully saturated rings. The average molecular weight is 398 g/mol. The van der Waals surface area contributed by atoms with Gasteiger partial charge in [0.05, 0.1) is 24.1 Å². The van der Waals surface area contributed by atoms with Crippen LogP contribution in [0.3, 0.4) is 0 Å². The van der Waals surface area contributed by atoms with Gasteiger partial charge in [0, 0.05) is 26.2 Å². The number of nitrogens with zero attached hydrogens (tertiary/aromatic N) is 4. The quantitative estimate of drug-likeness (QED) is 0.658. The molecule has 0 N–H and O–H groups in total. The number of ether oxygens (including phenoxy) is 1. The van der Waals surface area contributed by atoms with Crippen molar-refractivity contribution in [2.45, 2.75) is 13.5 Å². The first-order valence-corrected chi connectivity index (χ1v) is 10.0. The zero-order valence-electron chi connectivity index (χ0n) is 15.9. The molecule has 3 aromatic rings. The molecule has 2 aromatic heterocycles. The van der Waals surface area contributed by atoms with Crippen molar-refractivity contribution in [3.05, 3.63) is 52.7 Å². The summed E-state index contributed by atoms with van der Waals surface area (Å²) >= 11 is 1.59. The first kappa shape index (κ1) is 18.6. The molecule has 4 rings (SSSR count). The largest absolute Gasteiger partial charge is 0.496 e. The van der Waals surface area contributed by atoms with E-state index in [0.717, 1.165) is 23.5 Å². The lowest BCUT2D eigenvalue weighted by molar-refractivity contribution is 0.0612. The van der Waals surface area contributed by atoms with Gasteiger partial charge < -0.3 is 14.2 Å². The summed E-state index contributed by atoms with van der Waals surface area (Å²) in [5.41, 5.74) is 1.66. The number of amides is 1. The van der Waals surface area contributed by atoms with Crippen LogP contribution in [-0.2, 0) is 6.54 Å². The number of hydrogen-bond acceptors (Lipinski definition) is 7. The maximum atomic E-state index is 12.9. The van der Waals surface area contributed by atoms with Gasteiger partial charge in [0.25, 0.3) is 5.91 Å². The fraction of sp³-hybridized carbons (Fsp3) is 0.350. The Hall–Kier alpha value is -2.71. The monoisotopic (exact) mass is 398 g/mol. The Balaban J connectivity index is 1.36. The Morgan fingerprint density at radius 1 is 1.25 bits per heavy atom. The molecule has 0 aliphatic carbocycles. The van der Waals surface area contributed by atoms with Crippen molar-refractivity contribution >= 4 is 17.2 Å². The Morgan fingerprint density at radius 3 is 2.79 bits per heavy atom. The smallest absolute Gasteiger partial charge is 0.257 e. The highest BCUT2D eigenvalue weighted by molar-refractivity contribution is 7.13. The van der Waals surface area contributed by atoms with Crippen LogP contribution in [0.2, 0.25) is 0 Å². The third-order valence-corrected chi connectivity index (χ3v) is 5.68. The molecule has 7 nitrogen and oxygen atoms in total. The maximum absolute atomic E-state index is 12.9. The van der Waals surface area contributed by atoms with Gasteiger partial charge in [-0.15, -0.1) is 11.3 Å². The van der Waals surface area contributed by atoms with Crippen LogP contribution in [0.5, 0.6) is 5.75 Å². The number of carbonyl (C=O) groups is 1. The average Bonchev–Trinajstić information content (AvgIpc) is 3.40. The van der Waals surface area contributed by atoms with Crippen LogP contribution in [0.15, 0.2) is 40.2 Å². The zero-order chi connectivity index (χ0) is 19.5. The van der Waals surface area contributed by atoms with Gasteiger partial charge in [-0.2, -0.15) is 4.98 Å². The number of hydrogen-bond donors (Lipinski definition) is 0. The number of aryl methyl sites for hydroxylation is 1. The molecule has 146 valence electrons. The van der Waals surface area contributed by atoms with Crippen LogP contribution in [0.25, 0.3) is 10.7 Å². The maximum Gasteiger partial charge on any atom is 0.257 e. The predicted molar refractivity (Wildman–Crippen MR) is 107 cm³/mol. The van der Waals surface area contributed by atoms with E-state index in [-0.39, 0.29) is 5.91 Å². The van der Waals surface area contributed by atoms with E-state index < -0.39 is 0 Å². The fourth-order valence-corrected chi connectivity index (χ4v) is 3.93.